The van der Waals surface area contributed by atoms with E-state index >= 15 is 0 Å². The molecule has 82 valence electrons. The SMILES string of the molecule is NC1CCCC(N2CCCSCC2)C1. The lowest BCUT2D eigenvalue weighted by Gasteiger charge is -2.35. The van der Waals surface area contributed by atoms with E-state index in [1.807, 2.05) is 0 Å². The molecule has 1 aliphatic heterocycles. The van der Waals surface area contributed by atoms with E-state index in [1.165, 1.54) is 56.7 Å². The average Bonchev–Trinajstić information content (AvgIpc) is 2.45. The predicted molar refractivity (Wildman–Crippen MR) is 63.7 cm³/mol. The van der Waals surface area contributed by atoms with Crippen LogP contribution in [0, 0.1) is 0 Å². The van der Waals surface area contributed by atoms with Gasteiger partial charge in [0, 0.05) is 24.4 Å². The molecule has 0 radical (unpaired) electrons. The van der Waals surface area contributed by atoms with Gasteiger partial charge < -0.3 is 5.73 Å². The summed E-state index contributed by atoms with van der Waals surface area (Å²) in [4.78, 5) is 2.69. The van der Waals surface area contributed by atoms with E-state index in [-0.39, 0.29) is 0 Å². The Morgan fingerprint density at radius 3 is 2.86 bits per heavy atom. The third kappa shape index (κ3) is 2.88. The summed E-state index contributed by atoms with van der Waals surface area (Å²) in [5.74, 6) is 2.68. The molecular weight excluding hydrogens is 192 g/mol. The standard InChI is InChI=1S/C11H22N2S/c12-10-3-1-4-11(9-10)13-5-2-7-14-8-6-13/h10-11H,1-9,12H2. The molecular formula is C11H22N2S. The first-order valence-corrected chi connectivity index (χ1v) is 7.09. The Morgan fingerprint density at radius 2 is 2.00 bits per heavy atom. The summed E-state index contributed by atoms with van der Waals surface area (Å²) in [5, 5.41) is 0. The van der Waals surface area contributed by atoms with Crippen LogP contribution in [0.2, 0.25) is 0 Å². The molecule has 1 saturated heterocycles. The fraction of sp³-hybridized carbons (Fsp3) is 1.00. The van der Waals surface area contributed by atoms with Crippen LogP contribution >= 0.6 is 11.8 Å². The van der Waals surface area contributed by atoms with Crippen LogP contribution in [-0.4, -0.2) is 41.6 Å². The van der Waals surface area contributed by atoms with Gasteiger partial charge in [0.05, 0.1) is 0 Å². The monoisotopic (exact) mass is 214 g/mol. The van der Waals surface area contributed by atoms with E-state index in [9.17, 15) is 0 Å². The van der Waals surface area contributed by atoms with Crippen LogP contribution in [0.5, 0.6) is 0 Å². The molecule has 1 saturated carbocycles. The summed E-state index contributed by atoms with van der Waals surface area (Å²) in [6.07, 6.45) is 6.59. The lowest BCUT2D eigenvalue weighted by Crippen LogP contribution is -2.43. The number of nitrogens with zero attached hydrogens (tertiary/aromatic N) is 1. The Morgan fingerprint density at radius 1 is 1.07 bits per heavy atom. The Hall–Kier alpha value is 0.270. The van der Waals surface area contributed by atoms with E-state index in [0.717, 1.165) is 6.04 Å². The Balaban J connectivity index is 1.85. The number of nitrogens with two attached hydrogens (primary N) is 1. The molecule has 2 N–H and O–H groups in total. The van der Waals surface area contributed by atoms with Gasteiger partial charge in [0.2, 0.25) is 0 Å². The van der Waals surface area contributed by atoms with Crippen LogP contribution in [-0.2, 0) is 0 Å². The third-order valence-electron chi connectivity index (χ3n) is 3.46. The van der Waals surface area contributed by atoms with E-state index in [0.29, 0.717) is 6.04 Å². The maximum atomic E-state index is 6.04. The fourth-order valence-corrected chi connectivity index (χ4v) is 3.56. The molecule has 0 aromatic rings. The van der Waals surface area contributed by atoms with Crippen molar-refractivity contribution >= 4 is 11.8 Å². The van der Waals surface area contributed by atoms with Crippen molar-refractivity contribution in [2.45, 2.75) is 44.2 Å². The minimum Gasteiger partial charge on any atom is -0.328 e. The summed E-state index contributed by atoms with van der Waals surface area (Å²) in [6, 6.07) is 1.28. The molecule has 2 unspecified atom stereocenters. The van der Waals surface area contributed by atoms with Gasteiger partial charge in [-0.05, 0) is 38.0 Å². The largest absolute Gasteiger partial charge is 0.328 e. The predicted octanol–water partition coefficient (Wildman–Crippen LogP) is 1.70. The van der Waals surface area contributed by atoms with Crippen molar-refractivity contribution in [2.75, 3.05) is 24.6 Å². The van der Waals surface area contributed by atoms with Gasteiger partial charge in [-0.3, -0.25) is 4.90 Å². The van der Waals surface area contributed by atoms with E-state index in [2.05, 4.69) is 16.7 Å². The second kappa shape index (κ2) is 5.38. The Bertz CT molecular complexity index is 167. The summed E-state index contributed by atoms with van der Waals surface area (Å²) in [5.41, 5.74) is 6.04. The van der Waals surface area contributed by atoms with Crippen molar-refractivity contribution in [3.63, 3.8) is 0 Å². The Kier molecular flexibility index (Phi) is 4.14. The number of hydrogen-bond donors (Lipinski definition) is 1. The van der Waals surface area contributed by atoms with Gasteiger partial charge in [0.1, 0.15) is 0 Å². The highest BCUT2D eigenvalue weighted by atomic mass is 32.2. The first-order chi connectivity index (χ1) is 6.86. The van der Waals surface area contributed by atoms with Crippen LogP contribution < -0.4 is 5.73 Å². The topological polar surface area (TPSA) is 29.3 Å². The zero-order chi connectivity index (χ0) is 9.80. The summed E-state index contributed by atoms with van der Waals surface area (Å²) < 4.78 is 0. The smallest absolute Gasteiger partial charge is 0.0110 e. The van der Waals surface area contributed by atoms with Crippen LogP contribution in [0.15, 0.2) is 0 Å². The molecule has 0 amide bonds. The lowest BCUT2D eigenvalue weighted by atomic mass is 9.90. The summed E-state index contributed by atoms with van der Waals surface area (Å²) in [7, 11) is 0. The molecule has 3 heteroatoms. The molecule has 2 aliphatic rings. The molecule has 0 spiro atoms. The zero-order valence-electron chi connectivity index (χ0n) is 8.95. The van der Waals surface area contributed by atoms with Crippen molar-refractivity contribution < 1.29 is 0 Å². The highest BCUT2D eigenvalue weighted by Gasteiger charge is 2.25. The van der Waals surface area contributed by atoms with Crippen molar-refractivity contribution in [1.29, 1.82) is 0 Å². The molecule has 1 aliphatic carbocycles. The molecule has 2 rings (SSSR count). The first kappa shape index (κ1) is 10.8. The van der Waals surface area contributed by atoms with E-state index in [4.69, 9.17) is 5.73 Å². The molecule has 2 fully saturated rings. The van der Waals surface area contributed by atoms with Gasteiger partial charge in [-0.2, -0.15) is 11.8 Å². The van der Waals surface area contributed by atoms with Crippen LogP contribution in [0.3, 0.4) is 0 Å². The highest BCUT2D eigenvalue weighted by molar-refractivity contribution is 7.99. The summed E-state index contributed by atoms with van der Waals surface area (Å²) in [6.45, 7) is 2.60. The van der Waals surface area contributed by atoms with Crippen LogP contribution in [0.25, 0.3) is 0 Å². The zero-order valence-corrected chi connectivity index (χ0v) is 9.77. The highest BCUT2D eigenvalue weighted by Crippen LogP contribution is 2.24. The van der Waals surface area contributed by atoms with Crippen LogP contribution in [0.4, 0.5) is 0 Å². The second-order valence-electron chi connectivity index (χ2n) is 4.58. The molecule has 2 atom stereocenters. The van der Waals surface area contributed by atoms with Gasteiger partial charge >= 0.3 is 0 Å². The molecule has 1 heterocycles. The normalized spacial score (nSPS) is 36.6. The first-order valence-electron chi connectivity index (χ1n) is 5.93. The molecule has 0 aromatic heterocycles. The number of rotatable bonds is 1. The minimum atomic E-state index is 0.477. The van der Waals surface area contributed by atoms with Crippen molar-refractivity contribution in [3.05, 3.63) is 0 Å². The maximum Gasteiger partial charge on any atom is 0.0110 e. The van der Waals surface area contributed by atoms with Crippen molar-refractivity contribution in [1.82, 2.24) is 4.90 Å². The second-order valence-corrected chi connectivity index (χ2v) is 5.81. The molecule has 14 heavy (non-hydrogen) atoms. The number of hydrogen-bond acceptors (Lipinski definition) is 3. The van der Waals surface area contributed by atoms with Gasteiger partial charge in [0.15, 0.2) is 0 Å². The van der Waals surface area contributed by atoms with Gasteiger partial charge in [0.25, 0.3) is 0 Å². The minimum absolute atomic E-state index is 0.477. The molecule has 0 aromatic carbocycles. The maximum absolute atomic E-state index is 6.04. The quantitative estimate of drug-likeness (QED) is 0.720. The molecule has 0 bridgehead atoms. The van der Waals surface area contributed by atoms with Gasteiger partial charge in [-0.15, -0.1) is 0 Å². The summed E-state index contributed by atoms with van der Waals surface area (Å²) >= 11 is 2.11. The average molecular weight is 214 g/mol. The molecule has 2 nitrogen and oxygen atoms in total. The van der Waals surface area contributed by atoms with Crippen molar-refractivity contribution in [2.24, 2.45) is 5.73 Å². The van der Waals surface area contributed by atoms with Gasteiger partial charge in [-0.1, -0.05) is 6.42 Å². The van der Waals surface area contributed by atoms with Crippen LogP contribution in [0.1, 0.15) is 32.1 Å². The van der Waals surface area contributed by atoms with E-state index in [1.54, 1.807) is 0 Å². The fourth-order valence-electron chi connectivity index (χ4n) is 2.66. The van der Waals surface area contributed by atoms with Gasteiger partial charge in [-0.25, -0.2) is 0 Å². The van der Waals surface area contributed by atoms with Crippen molar-refractivity contribution in [3.8, 4) is 0 Å². The third-order valence-corrected chi connectivity index (χ3v) is 4.51. The number of thioether (sulfide) groups is 1. The van der Waals surface area contributed by atoms with E-state index < -0.39 is 0 Å². The lowest BCUT2D eigenvalue weighted by molar-refractivity contribution is 0.158. The Labute approximate surface area is 91.6 Å².